The van der Waals surface area contributed by atoms with E-state index in [1.165, 1.54) is 32.2 Å². The molecular weight excluding hydrogens is 752 g/mol. The highest BCUT2D eigenvalue weighted by Crippen LogP contribution is 2.40. The number of halogens is 6. The van der Waals surface area contributed by atoms with E-state index in [-0.39, 0.29) is 17.2 Å². The predicted molar refractivity (Wildman–Crippen MR) is 198 cm³/mol. The maximum Gasteiger partial charge on any atom is 0.421 e. The average molecular weight is 780 g/mol. The molecule has 15 heteroatoms. The van der Waals surface area contributed by atoms with E-state index in [1.54, 1.807) is 73.1 Å². The summed E-state index contributed by atoms with van der Waals surface area (Å²) in [5.41, 5.74) is 0.0802. The molecule has 57 heavy (non-hydrogen) atoms. The zero-order chi connectivity index (χ0) is 39.9. The van der Waals surface area contributed by atoms with Crippen molar-refractivity contribution in [2.24, 2.45) is 0 Å². The van der Waals surface area contributed by atoms with Crippen LogP contribution in [0.4, 0.5) is 26.3 Å². The number of aryl methyl sites for hydroxylation is 2. The first-order valence-corrected chi connectivity index (χ1v) is 17.1. The molecule has 0 saturated carbocycles. The second-order valence-corrected chi connectivity index (χ2v) is 12.8. The van der Waals surface area contributed by atoms with Gasteiger partial charge in [0.25, 0.3) is 0 Å². The predicted octanol–water partition coefficient (Wildman–Crippen LogP) is 12.2. The van der Waals surface area contributed by atoms with Gasteiger partial charge < -0.3 is 18.9 Å². The van der Waals surface area contributed by atoms with Gasteiger partial charge in [0.05, 0.1) is 16.6 Å². The van der Waals surface area contributed by atoms with Crippen LogP contribution in [0.2, 0.25) is 0 Å². The Balaban J connectivity index is 1.09. The lowest BCUT2D eigenvalue weighted by atomic mass is 10.1. The molecule has 0 aliphatic carbocycles. The molecule has 4 heterocycles. The minimum absolute atomic E-state index is 0.0254. The van der Waals surface area contributed by atoms with E-state index in [0.717, 1.165) is 29.1 Å². The van der Waals surface area contributed by atoms with E-state index < -0.39 is 29.4 Å². The van der Waals surface area contributed by atoms with Crippen LogP contribution in [-0.4, -0.2) is 24.5 Å². The van der Waals surface area contributed by atoms with Crippen LogP contribution >= 0.6 is 0 Å². The van der Waals surface area contributed by atoms with Gasteiger partial charge >= 0.3 is 12.4 Å². The van der Waals surface area contributed by atoms with Gasteiger partial charge in [-0.3, -0.25) is 4.57 Å². The molecule has 0 spiro atoms. The molecule has 4 aromatic heterocycles. The van der Waals surface area contributed by atoms with Crippen molar-refractivity contribution in [3.05, 3.63) is 150 Å². The summed E-state index contributed by atoms with van der Waals surface area (Å²) in [5.74, 6) is 1.77. The topological polar surface area (TPSA) is 93.4 Å². The summed E-state index contributed by atoms with van der Waals surface area (Å²) >= 11 is 0. The Labute approximate surface area is 319 Å². The molecule has 0 N–H and O–H groups in total. The fourth-order valence-electron chi connectivity index (χ4n) is 6.09. The average Bonchev–Trinajstić information content (AvgIpc) is 3.49. The molecule has 0 radical (unpaired) electrons. The number of nitrogens with zero attached hydrogens (tertiary/aromatic N) is 5. The van der Waals surface area contributed by atoms with Crippen molar-refractivity contribution in [1.29, 1.82) is 0 Å². The van der Waals surface area contributed by atoms with Gasteiger partial charge in [-0.25, -0.2) is 19.9 Å². The fourth-order valence-corrected chi connectivity index (χ4v) is 6.09. The van der Waals surface area contributed by atoms with E-state index in [1.807, 2.05) is 22.8 Å². The molecule has 8 aromatic rings. The van der Waals surface area contributed by atoms with Crippen LogP contribution in [0.5, 0.6) is 46.3 Å². The van der Waals surface area contributed by atoms with Crippen LogP contribution in [0.25, 0.3) is 27.8 Å². The molecule has 0 aliphatic heterocycles. The smallest absolute Gasteiger partial charge is 0.421 e. The van der Waals surface area contributed by atoms with Gasteiger partial charge in [0.15, 0.2) is 0 Å². The number of hydrogen-bond acceptors (Lipinski definition) is 8. The molecular formula is C42H27F6N5O4. The minimum atomic E-state index is -4.66. The molecule has 0 saturated heterocycles. The Hall–Kier alpha value is -7.16. The summed E-state index contributed by atoms with van der Waals surface area (Å²) < 4.78 is 106. The summed E-state index contributed by atoms with van der Waals surface area (Å²) in [5, 5.41) is 1.69. The molecule has 0 aliphatic rings. The van der Waals surface area contributed by atoms with Crippen LogP contribution < -0.4 is 18.9 Å². The third-order valence-electron chi connectivity index (χ3n) is 8.62. The fraction of sp³-hybridized carbons (Fsp3) is 0.0952. The first kappa shape index (κ1) is 36.8. The maximum atomic E-state index is 13.7. The van der Waals surface area contributed by atoms with E-state index in [0.29, 0.717) is 51.3 Å². The lowest BCUT2D eigenvalue weighted by Gasteiger charge is -2.14. The molecule has 286 valence electrons. The van der Waals surface area contributed by atoms with Gasteiger partial charge in [-0.15, -0.1) is 0 Å². The largest absolute Gasteiger partial charge is 0.457 e. The van der Waals surface area contributed by atoms with Crippen molar-refractivity contribution in [2.75, 3.05) is 0 Å². The van der Waals surface area contributed by atoms with E-state index >= 15 is 0 Å². The summed E-state index contributed by atoms with van der Waals surface area (Å²) in [6.07, 6.45) is -3.95. The van der Waals surface area contributed by atoms with Gasteiger partial charge in [-0.1, -0.05) is 12.1 Å². The summed E-state index contributed by atoms with van der Waals surface area (Å²) in [6, 6.07) is 27.4. The lowest BCUT2D eigenvalue weighted by molar-refractivity contribution is -0.139. The van der Waals surface area contributed by atoms with Gasteiger partial charge in [0.2, 0.25) is 17.7 Å². The number of alkyl halides is 6. The highest BCUT2D eigenvalue weighted by atomic mass is 19.4. The number of hydrogen-bond donors (Lipinski definition) is 0. The summed E-state index contributed by atoms with van der Waals surface area (Å²) in [6.45, 7) is 3.00. The van der Waals surface area contributed by atoms with Gasteiger partial charge in [-0.2, -0.15) is 26.3 Å². The van der Waals surface area contributed by atoms with Crippen LogP contribution in [0, 0.1) is 13.8 Å². The Bertz CT molecular complexity index is 2770. The first-order valence-electron chi connectivity index (χ1n) is 17.1. The van der Waals surface area contributed by atoms with Crippen molar-refractivity contribution in [3.63, 3.8) is 0 Å². The van der Waals surface area contributed by atoms with Crippen LogP contribution in [0.3, 0.4) is 0 Å². The third-order valence-corrected chi connectivity index (χ3v) is 8.62. The van der Waals surface area contributed by atoms with Crippen LogP contribution in [-0.2, 0) is 12.4 Å². The highest BCUT2D eigenvalue weighted by Gasteiger charge is 2.36. The Kier molecular flexibility index (Phi) is 9.35. The maximum absolute atomic E-state index is 13.7. The normalized spacial score (nSPS) is 11.9. The zero-order valence-electron chi connectivity index (χ0n) is 29.8. The molecule has 8 rings (SSSR count). The second-order valence-electron chi connectivity index (χ2n) is 12.8. The van der Waals surface area contributed by atoms with Crippen molar-refractivity contribution in [1.82, 2.24) is 24.5 Å². The van der Waals surface area contributed by atoms with Crippen molar-refractivity contribution in [2.45, 2.75) is 26.2 Å². The zero-order valence-corrected chi connectivity index (χ0v) is 29.8. The molecule has 0 amide bonds. The first-order chi connectivity index (χ1) is 27.3. The van der Waals surface area contributed by atoms with E-state index in [2.05, 4.69) is 19.9 Å². The highest BCUT2D eigenvalue weighted by molar-refractivity contribution is 6.09. The Morgan fingerprint density at radius 2 is 1.00 bits per heavy atom. The Morgan fingerprint density at radius 1 is 0.491 bits per heavy atom. The van der Waals surface area contributed by atoms with Crippen LogP contribution in [0.1, 0.15) is 22.3 Å². The minimum Gasteiger partial charge on any atom is -0.457 e. The second kappa shape index (κ2) is 14.5. The van der Waals surface area contributed by atoms with Crippen molar-refractivity contribution in [3.8, 4) is 52.2 Å². The molecule has 9 nitrogen and oxygen atoms in total. The molecule has 0 atom stereocenters. The number of ether oxygens (including phenoxy) is 4. The SMILES string of the molecule is Cc1cnc(Oc2cccc(Oc3ccc4c5ccc(Oc6cccc(Oc7ncc(C(F)(F)F)cc7C)c6)cc5n(-c5ncccn5)c4c3)c2)c(C(F)(F)F)c1. The van der Waals surface area contributed by atoms with Gasteiger partial charge in [-0.05, 0) is 86.1 Å². The summed E-state index contributed by atoms with van der Waals surface area (Å²) in [7, 11) is 0. The Morgan fingerprint density at radius 3 is 1.53 bits per heavy atom. The van der Waals surface area contributed by atoms with E-state index in [9.17, 15) is 26.3 Å². The molecule has 0 fully saturated rings. The number of fused-ring (bicyclic) bond motifs is 3. The van der Waals surface area contributed by atoms with Gasteiger partial charge in [0.1, 0.15) is 40.1 Å². The van der Waals surface area contributed by atoms with Crippen molar-refractivity contribution < 1.29 is 45.3 Å². The quantitative estimate of drug-likeness (QED) is 0.134. The third kappa shape index (κ3) is 7.85. The van der Waals surface area contributed by atoms with Crippen LogP contribution in [0.15, 0.2) is 128 Å². The summed E-state index contributed by atoms with van der Waals surface area (Å²) in [4.78, 5) is 16.7. The van der Waals surface area contributed by atoms with E-state index in [4.69, 9.17) is 18.9 Å². The molecule has 4 aromatic carbocycles. The molecule has 0 unspecified atom stereocenters. The van der Waals surface area contributed by atoms with Gasteiger partial charge in [0, 0.05) is 65.4 Å². The van der Waals surface area contributed by atoms with Crippen molar-refractivity contribution >= 4 is 21.8 Å². The molecule has 0 bridgehead atoms. The lowest BCUT2D eigenvalue weighted by Crippen LogP contribution is -2.08. The standard InChI is InChI=1S/C42H27F6N5O4/c1-24-16-35(42(46,47)48)39(51-22-24)57-30-9-4-7-28(19-30)55-32-11-13-34-33-12-10-31(20-36(33)53(37(34)21-32)40-49-14-5-15-50-40)54-27-6-3-8-29(18-27)56-38-25(2)17-26(23-52-38)41(43,44)45/h3-23H,1-2H3. The number of pyridine rings is 2. The number of rotatable bonds is 9. The number of aromatic nitrogens is 5. The number of benzene rings is 4. The monoisotopic (exact) mass is 779 g/mol.